The molecule has 1 aromatic heterocycles. The van der Waals surface area contributed by atoms with E-state index in [9.17, 15) is 8.42 Å². The number of benzene rings is 2. The van der Waals surface area contributed by atoms with Crippen molar-refractivity contribution in [2.24, 2.45) is 0 Å². The van der Waals surface area contributed by atoms with Gasteiger partial charge in [0.25, 0.3) is 0 Å². The Kier molecular flexibility index (Phi) is 5.60. The van der Waals surface area contributed by atoms with Crippen molar-refractivity contribution in [3.8, 4) is 5.75 Å². The first-order valence-corrected chi connectivity index (χ1v) is 10.7. The van der Waals surface area contributed by atoms with Crippen LogP contribution in [0.4, 0.5) is 5.82 Å². The predicted octanol–water partition coefficient (Wildman–Crippen LogP) is 3.74. The molecule has 1 N–H and O–H groups in total. The third-order valence-corrected chi connectivity index (χ3v) is 5.38. The van der Waals surface area contributed by atoms with Crippen LogP contribution in [-0.2, 0) is 16.4 Å². The Morgan fingerprint density at radius 2 is 1.93 bits per heavy atom. The predicted molar refractivity (Wildman–Crippen MR) is 107 cm³/mol. The lowest BCUT2D eigenvalue weighted by molar-refractivity contribution is 0.317. The second-order valence-electron chi connectivity index (χ2n) is 6.46. The third-order valence-electron chi connectivity index (χ3n) is 4.27. The number of sulfone groups is 1. The molecule has 0 aliphatic rings. The maximum atomic E-state index is 11.8. The summed E-state index contributed by atoms with van der Waals surface area (Å²) in [6, 6.07) is 10.9. The molecule has 3 rings (SSSR count). The van der Waals surface area contributed by atoms with Crippen LogP contribution in [0, 0.1) is 6.92 Å². The van der Waals surface area contributed by atoms with Gasteiger partial charge in [-0.3, -0.25) is 0 Å². The lowest BCUT2D eigenvalue weighted by Gasteiger charge is -2.12. The van der Waals surface area contributed by atoms with Crippen LogP contribution in [0.2, 0.25) is 0 Å². The molecule has 3 aromatic rings. The van der Waals surface area contributed by atoms with E-state index >= 15 is 0 Å². The minimum Gasteiger partial charge on any atom is -0.494 e. The van der Waals surface area contributed by atoms with E-state index in [2.05, 4.69) is 22.2 Å². The summed E-state index contributed by atoms with van der Waals surface area (Å²) in [4.78, 5) is 8.76. The van der Waals surface area contributed by atoms with Crippen molar-refractivity contribution in [3.63, 3.8) is 0 Å². The molecule has 0 spiro atoms. The van der Waals surface area contributed by atoms with Gasteiger partial charge in [-0.25, -0.2) is 18.4 Å². The maximum Gasteiger partial charge on any atom is 0.175 e. The van der Waals surface area contributed by atoms with Gasteiger partial charge in [0.05, 0.1) is 17.0 Å². The standard InChI is InChI=1S/C20H23N3O3S/c1-4-9-26-16-6-5-15(14(2)10-16)12-21-20-18-11-17(27(3,24)25)7-8-19(18)22-13-23-20/h5-8,10-11,13H,4,9,12H2,1-3H3,(H,21,22,23). The van der Waals surface area contributed by atoms with Crippen molar-refractivity contribution in [2.75, 3.05) is 18.2 Å². The van der Waals surface area contributed by atoms with Crippen LogP contribution in [0.1, 0.15) is 24.5 Å². The van der Waals surface area contributed by atoms with Gasteiger partial charge < -0.3 is 10.1 Å². The van der Waals surface area contributed by atoms with Gasteiger partial charge in [-0.1, -0.05) is 13.0 Å². The highest BCUT2D eigenvalue weighted by molar-refractivity contribution is 7.90. The van der Waals surface area contributed by atoms with Crippen molar-refractivity contribution in [1.82, 2.24) is 9.97 Å². The first kappa shape index (κ1) is 19.1. The largest absolute Gasteiger partial charge is 0.494 e. The molecule has 0 atom stereocenters. The van der Waals surface area contributed by atoms with Gasteiger partial charge in [-0.2, -0.15) is 0 Å². The van der Waals surface area contributed by atoms with E-state index < -0.39 is 9.84 Å². The summed E-state index contributed by atoms with van der Waals surface area (Å²) >= 11 is 0. The summed E-state index contributed by atoms with van der Waals surface area (Å²) in [5, 5.41) is 3.98. The smallest absolute Gasteiger partial charge is 0.175 e. The molecular weight excluding hydrogens is 362 g/mol. The van der Waals surface area contributed by atoms with E-state index in [4.69, 9.17) is 4.74 Å². The highest BCUT2D eigenvalue weighted by atomic mass is 32.2. The van der Waals surface area contributed by atoms with Gasteiger partial charge in [-0.05, 0) is 54.8 Å². The molecule has 7 heteroatoms. The molecule has 6 nitrogen and oxygen atoms in total. The molecule has 0 aliphatic heterocycles. The summed E-state index contributed by atoms with van der Waals surface area (Å²) in [6.45, 7) is 5.38. The highest BCUT2D eigenvalue weighted by Gasteiger charge is 2.11. The summed E-state index contributed by atoms with van der Waals surface area (Å²) < 4.78 is 29.3. The second-order valence-corrected chi connectivity index (χ2v) is 8.48. The fourth-order valence-electron chi connectivity index (χ4n) is 2.76. The minimum atomic E-state index is -3.29. The zero-order valence-electron chi connectivity index (χ0n) is 15.7. The molecule has 142 valence electrons. The summed E-state index contributed by atoms with van der Waals surface area (Å²) in [5.41, 5.74) is 2.93. The number of hydrogen-bond donors (Lipinski definition) is 1. The van der Waals surface area contributed by atoms with Gasteiger partial charge in [0.15, 0.2) is 9.84 Å². The quantitative estimate of drug-likeness (QED) is 0.667. The maximum absolute atomic E-state index is 11.8. The lowest BCUT2D eigenvalue weighted by atomic mass is 10.1. The van der Waals surface area contributed by atoms with Crippen LogP contribution in [0.3, 0.4) is 0 Å². The molecular formula is C20H23N3O3S. The molecule has 27 heavy (non-hydrogen) atoms. The van der Waals surface area contributed by atoms with Crippen LogP contribution in [0.25, 0.3) is 10.9 Å². The fourth-order valence-corrected chi connectivity index (χ4v) is 3.41. The zero-order chi connectivity index (χ0) is 19.4. The number of hydrogen-bond acceptors (Lipinski definition) is 6. The summed E-state index contributed by atoms with van der Waals surface area (Å²) in [6.07, 6.45) is 3.63. The fraction of sp³-hybridized carbons (Fsp3) is 0.300. The van der Waals surface area contributed by atoms with Crippen molar-refractivity contribution in [3.05, 3.63) is 53.9 Å². The van der Waals surface area contributed by atoms with Gasteiger partial charge >= 0.3 is 0 Å². The normalized spacial score (nSPS) is 11.5. The average molecular weight is 385 g/mol. The minimum absolute atomic E-state index is 0.251. The van der Waals surface area contributed by atoms with Crippen LogP contribution < -0.4 is 10.1 Å². The van der Waals surface area contributed by atoms with Crippen LogP contribution in [-0.4, -0.2) is 31.2 Å². The number of nitrogens with zero attached hydrogens (tertiary/aromatic N) is 2. The van der Waals surface area contributed by atoms with Crippen molar-refractivity contribution in [2.45, 2.75) is 31.7 Å². The van der Waals surface area contributed by atoms with Crippen LogP contribution in [0.15, 0.2) is 47.6 Å². The van der Waals surface area contributed by atoms with E-state index in [1.807, 2.05) is 25.1 Å². The molecule has 2 aromatic carbocycles. The second kappa shape index (κ2) is 7.92. The van der Waals surface area contributed by atoms with Gasteiger partial charge in [0.1, 0.15) is 17.9 Å². The van der Waals surface area contributed by atoms with Crippen molar-refractivity contribution < 1.29 is 13.2 Å². The topological polar surface area (TPSA) is 81.2 Å². The Morgan fingerprint density at radius 1 is 1.11 bits per heavy atom. The van der Waals surface area contributed by atoms with Crippen LogP contribution >= 0.6 is 0 Å². The molecule has 0 radical (unpaired) electrons. The number of fused-ring (bicyclic) bond motifs is 1. The van der Waals surface area contributed by atoms with Gasteiger partial charge in [-0.15, -0.1) is 0 Å². The molecule has 0 unspecified atom stereocenters. The van der Waals surface area contributed by atoms with E-state index in [0.717, 1.165) is 23.3 Å². The van der Waals surface area contributed by atoms with Crippen molar-refractivity contribution >= 4 is 26.6 Å². The SMILES string of the molecule is CCCOc1ccc(CNc2ncnc3ccc(S(C)(=O)=O)cc23)c(C)c1. The number of aryl methyl sites for hydroxylation is 1. The third kappa shape index (κ3) is 4.54. The van der Waals surface area contributed by atoms with Gasteiger partial charge in [0.2, 0.25) is 0 Å². The van der Waals surface area contributed by atoms with E-state index in [1.54, 1.807) is 18.2 Å². The molecule has 0 bridgehead atoms. The monoisotopic (exact) mass is 385 g/mol. The molecule has 0 fully saturated rings. The molecule has 0 saturated carbocycles. The molecule has 0 amide bonds. The Bertz CT molecular complexity index is 1070. The zero-order valence-corrected chi connectivity index (χ0v) is 16.5. The number of aromatic nitrogens is 2. The number of ether oxygens (including phenoxy) is 1. The number of rotatable bonds is 7. The Morgan fingerprint density at radius 3 is 2.63 bits per heavy atom. The summed E-state index contributed by atoms with van der Waals surface area (Å²) in [7, 11) is -3.29. The first-order chi connectivity index (χ1) is 12.9. The number of anilines is 1. The Hall–Kier alpha value is -2.67. The van der Waals surface area contributed by atoms with Crippen molar-refractivity contribution in [1.29, 1.82) is 0 Å². The molecule has 0 saturated heterocycles. The Labute approximate surface area is 159 Å². The average Bonchev–Trinajstić information content (AvgIpc) is 2.64. The molecule has 0 aliphatic carbocycles. The van der Waals surface area contributed by atoms with E-state index in [-0.39, 0.29) is 4.90 Å². The molecule has 1 heterocycles. The van der Waals surface area contributed by atoms with Crippen LogP contribution in [0.5, 0.6) is 5.75 Å². The number of nitrogens with one attached hydrogen (secondary N) is 1. The first-order valence-electron chi connectivity index (χ1n) is 8.79. The Balaban J connectivity index is 1.85. The lowest BCUT2D eigenvalue weighted by Crippen LogP contribution is -2.05. The highest BCUT2D eigenvalue weighted by Crippen LogP contribution is 2.24. The van der Waals surface area contributed by atoms with E-state index in [1.165, 1.54) is 12.6 Å². The summed E-state index contributed by atoms with van der Waals surface area (Å²) in [5.74, 6) is 1.47. The van der Waals surface area contributed by atoms with Gasteiger partial charge in [0, 0.05) is 18.2 Å². The van der Waals surface area contributed by atoms with E-state index in [0.29, 0.717) is 29.9 Å².